The van der Waals surface area contributed by atoms with E-state index in [2.05, 4.69) is 9.97 Å². The van der Waals surface area contributed by atoms with E-state index in [0.29, 0.717) is 30.7 Å². The van der Waals surface area contributed by atoms with Crippen LogP contribution in [0.4, 0.5) is 37.2 Å². The summed E-state index contributed by atoms with van der Waals surface area (Å²) in [5.74, 6) is -2.89. The van der Waals surface area contributed by atoms with Crippen LogP contribution in [0, 0.1) is 23.0 Å². The van der Waals surface area contributed by atoms with Crippen LogP contribution in [0.25, 0.3) is 32.1 Å². The maximum atomic E-state index is 17.1. The number of rotatable bonds is 7. The Balaban J connectivity index is 1.45. The van der Waals surface area contributed by atoms with Crippen molar-refractivity contribution >= 4 is 49.1 Å². The van der Waals surface area contributed by atoms with Gasteiger partial charge in [-0.15, -0.1) is 11.3 Å². The highest BCUT2D eigenvalue weighted by molar-refractivity contribution is 7.23. The maximum Gasteiger partial charge on any atom is 0.417 e. The van der Waals surface area contributed by atoms with Gasteiger partial charge in [0, 0.05) is 48.9 Å². The molecule has 270 valence electrons. The molecule has 2 aromatic heterocycles. The number of alkyl halides is 4. The number of hydrogen-bond donors (Lipinski definition) is 2. The zero-order valence-electron chi connectivity index (χ0n) is 27.5. The molecule has 0 aliphatic carbocycles. The van der Waals surface area contributed by atoms with E-state index in [-0.39, 0.29) is 64.0 Å². The Morgan fingerprint density at radius 3 is 2.75 bits per heavy atom. The number of nitriles is 1. The number of ether oxygens (including phenoxy) is 1. The Labute approximate surface area is 292 Å². The van der Waals surface area contributed by atoms with E-state index in [1.807, 2.05) is 11.0 Å². The number of aromatic nitrogens is 2. The number of aliphatic hydroxyl groups is 1. The minimum absolute atomic E-state index is 0.0475. The zero-order chi connectivity index (χ0) is 36.6. The van der Waals surface area contributed by atoms with E-state index in [1.54, 1.807) is 18.9 Å². The van der Waals surface area contributed by atoms with Crippen LogP contribution >= 0.6 is 11.3 Å². The molecule has 7 rings (SSSR count). The number of hydrogen-bond acceptors (Lipinski definition) is 10. The van der Waals surface area contributed by atoms with Gasteiger partial charge in [0.25, 0.3) is 0 Å². The van der Waals surface area contributed by atoms with Crippen LogP contribution in [-0.4, -0.2) is 94.5 Å². The molecule has 4 aromatic rings. The van der Waals surface area contributed by atoms with Gasteiger partial charge in [0.05, 0.1) is 27.4 Å². The van der Waals surface area contributed by atoms with Gasteiger partial charge in [-0.25, -0.2) is 13.2 Å². The Bertz CT molecular complexity index is 2110. The van der Waals surface area contributed by atoms with Gasteiger partial charge in [-0.3, -0.25) is 9.69 Å². The summed E-state index contributed by atoms with van der Waals surface area (Å²) in [5.41, 5.74) is 1.70. The van der Waals surface area contributed by atoms with Gasteiger partial charge in [-0.05, 0) is 50.4 Å². The highest BCUT2D eigenvalue weighted by Crippen LogP contribution is 2.48. The average Bonchev–Trinajstić information content (AvgIpc) is 3.83. The molecular formula is C34H33F6N7O3S. The standard InChI is InChI=1S/C34H33F6N7O3S/c1-16-23(6-9-47(16)24(49)14-48)45(2)31-19-10-21(34(38,39)40)26(18-4-5-22(36)29-25(18)20(12-41)30(42)51-29)27(37)28(19)43-32(44-31)50-15-33-7-3-8-46(33)13-17(35)11-33/h4-5,10,16-17,23,48H,3,6-9,11,13-15,42H2,1-2H3. The molecular weight excluding hydrogens is 700 g/mol. The number of benzene rings is 2. The number of halogens is 6. The van der Waals surface area contributed by atoms with E-state index in [1.165, 1.54) is 4.90 Å². The van der Waals surface area contributed by atoms with Crippen LogP contribution in [0.5, 0.6) is 6.01 Å². The fraction of sp³-hybridized carbons (Fsp3) is 0.471. The van der Waals surface area contributed by atoms with Crippen LogP contribution in [0.1, 0.15) is 43.7 Å². The van der Waals surface area contributed by atoms with Crippen molar-refractivity contribution < 1.29 is 41.0 Å². The van der Waals surface area contributed by atoms with E-state index < -0.39 is 76.3 Å². The van der Waals surface area contributed by atoms with Crippen LogP contribution in [0.3, 0.4) is 0 Å². The Hall–Kier alpha value is -4.40. The van der Waals surface area contributed by atoms with E-state index in [9.17, 15) is 23.9 Å². The number of likely N-dealkylation sites (N-methyl/N-ethyl adjacent to an activating group) is 1. The predicted molar refractivity (Wildman–Crippen MR) is 178 cm³/mol. The smallest absolute Gasteiger partial charge is 0.417 e. The number of nitrogens with zero attached hydrogens (tertiary/aromatic N) is 6. The number of thiophene rings is 1. The largest absolute Gasteiger partial charge is 0.461 e. The van der Waals surface area contributed by atoms with Crippen molar-refractivity contribution in [2.24, 2.45) is 0 Å². The lowest BCUT2D eigenvalue weighted by molar-refractivity contribution is -0.137. The minimum atomic E-state index is -5.15. The van der Waals surface area contributed by atoms with Crippen LogP contribution in [0.2, 0.25) is 0 Å². The summed E-state index contributed by atoms with van der Waals surface area (Å²) in [7, 11) is 1.55. The number of fused-ring (bicyclic) bond motifs is 3. The topological polar surface area (TPSA) is 132 Å². The van der Waals surface area contributed by atoms with Gasteiger partial charge >= 0.3 is 12.2 Å². The summed E-state index contributed by atoms with van der Waals surface area (Å²) in [4.78, 5) is 26.2. The number of anilines is 2. The second-order valence-electron chi connectivity index (χ2n) is 13.4. The predicted octanol–water partition coefficient (Wildman–Crippen LogP) is 5.64. The Kier molecular flexibility index (Phi) is 8.70. The van der Waals surface area contributed by atoms with Crippen molar-refractivity contribution in [3.63, 3.8) is 0 Å². The molecule has 0 spiro atoms. The average molecular weight is 734 g/mol. The summed E-state index contributed by atoms with van der Waals surface area (Å²) in [6.45, 7) is 2.11. The summed E-state index contributed by atoms with van der Waals surface area (Å²) >= 11 is 0.664. The molecule has 2 aromatic carbocycles. The molecule has 3 saturated heterocycles. The fourth-order valence-electron chi connectivity index (χ4n) is 8.21. The number of nitrogens with two attached hydrogens (primary N) is 1. The molecule has 0 bridgehead atoms. The van der Waals surface area contributed by atoms with Crippen molar-refractivity contribution in [2.45, 2.75) is 62.6 Å². The lowest BCUT2D eigenvalue weighted by atomic mass is 9.92. The third kappa shape index (κ3) is 5.67. The molecule has 51 heavy (non-hydrogen) atoms. The Morgan fingerprint density at radius 1 is 1.27 bits per heavy atom. The van der Waals surface area contributed by atoms with Crippen molar-refractivity contribution in [2.75, 3.05) is 50.5 Å². The molecule has 4 atom stereocenters. The fourth-order valence-corrected chi connectivity index (χ4v) is 9.16. The molecule has 3 aliphatic heterocycles. The van der Waals surface area contributed by atoms with E-state index in [0.717, 1.165) is 24.6 Å². The molecule has 10 nitrogen and oxygen atoms in total. The van der Waals surface area contributed by atoms with Crippen molar-refractivity contribution in [3.8, 4) is 23.2 Å². The highest BCUT2D eigenvalue weighted by Gasteiger charge is 2.49. The summed E-state index contributed by atoms with van der Waals surface area (Å²) < 4.78 is 97.4. The molecule has 3 N–H and O–H groups in total. The second-order valence-corrected chi connectivity index (χ2v) is 14.5. The first-order valence-corrected chi connectivity index (χ1v) is 17.2. The van der Waals surface area contributed by atoms with Gasteiger partial charge in [-0.1, -0.05) is 6.07 Å². The maximum absolute atomic E-state index is 17.1. The molecule has 1 amide bonds. The van der Waals surface area contributed by atoms with Crippen molar-refractivity contribution in [1.29, 1.82) is 5.26 Å². The molecule has 0 saturated carbocycles. The third-order valence-electron chi connectivity index (χ3n) is 10.6. The summed E-state index contributed by atoms with van der Waals surface area (Å²) in [5, 5.41) is 18.6. The SMILES string of the molecule is CC1C(N(C)c2nc(OCC34CCCN3CC(F)C4)nc3c(F)c(-c4ccc(F)c5sc(N)c(C#N)c45)c(C(F)(F)F)cc23)CCN1C(=O)CO. The first-order valence-electron chi connectivity index (χ1n) is 16.4. The summed E-state index contributed by atoms with van der Waals surface area (Å²) in [6, 6.07) is 3.01. The van der Waals surface area contributed by atoms with Gasteiger partial charge in [-0.2, -0.15) is 28.4 Å². The van der Waals surface area contributed by atoms with E-state index in [4.69, 9.17) is 10.5 Å². The van der Waals surface area contributed by atoms with Crippen LogP contribution in [-0.2, 0) is 11.0 Å². The van der Waals surface area contributed by atoms with Gasteiger partial charge in [0.1, 0.15) is 47.6 Å². The molecule has 3 fully saturated rings. The van der Waals surface area contributed by atoms with Gasteiger partial charge in [0.15, 0.2) is 5.82 Å². The van der Waals surface area contributed by atoms with E-state index >= 15 is 17.6 Å². The normalized spacial score (nSPS) is 23.7. The molecule has 4 unspecified atom stereocenters. The molecule has 17 heteroatoms. The first kappa shape index (κ1) is 35.0. The third-order valence-corrected chi connectivity index (χ3v) is 11.7. The second kappa shape index (κ2) is 12.7. The monoisotopic (exact) mass is 733 g/mol. The van der Waals surface area contributed by atoms with Gasteiger partial charge < -0.3 is 25.4 Å². The summed E-state index contributed by atoms with van der Waals surface area (Å²) in [6.07, 6.45) is -4.20. The van der Waals surface area contributed by atoms with Crippen LogP contribution < -0.4 is 15.4 Å². The highest BCUT2D eigenvalue weighted by atomic mass is 32.1. The number of amides is 1. The molecule has 5 heterocycles. The molecule has 0 radical (unpaired) electrons. The minimum Gasteiger partial charge on any atom is -0.461 e. The number of aliphatic hydroxyl groups excluding tert-OH is 1. The van der Waals surface area contributed by atoms with Gasteiger partial charge in [0.2, 0.25) is 5.91 Å². The molecule has 3 aliphatic rings. The van der Waals surface area contributed by atoms with Crippen molar-refractivity contribution in [3.05, 3.63) is 41.0 Å². The quantitative estimate of drug-likeness (QED) is 0.232. The number of nitrogen functional groups attached to an aromatic ring is 1. The lowest BCUT2D eigenvalue weighted by Gasteiger charge is -2.33. The first-order chi connectivity index (χ1) is 24.2. The zero-order valence-corrected chi connectivity index (χ0v) is 28.3. The number of likely N-dealkylation sites (tertiary alicyclic amines) is 1. The van der Waals surface area contributed by atoms with Crippen LogP contribution in [0.15, 0.2) is 18.2 Å². The Morgan fingerprint density at radius 2 is 2.04 bits per heavy atom. The lowest BCUT2D eigenvalue weighted by Crippen LogP contribution is -2.45. The number of carbonyl (C=O) groups excluding carboxylic acids is 1. The number of carbonyl (C=O) groups is 1. The van der Waals surface area contributed by atoms with Crippen molar-refractivity contribution in [1.82, 2.24) is 19.8 Å².